The van der Waals surface area contributed by atoms with Crippen LogP contribution in [0.3, 0.4) is 0 Å². The maximum Gasteiger partial charge on any atom is 0.260 e. The van der Waals surface area contributed by atoms with Gasteiger partial charge in [0.05, 0.1) is 5.41 Å². The van der Waals surface area contributed by atoms with Gasteiger partial charge in [-0.05, 0) is 35.4 Å². The zero-order valence-electron chi connectivity index (χ0n) is 20.1. The Balaban J connectivity index is 1.49. The number of likely N-dealkylation sites (N-methyl/N-ethyl adjacent to an activating group) is 1. The zero-order chi connectivity index (χ0) is 24.9. The molecule has 8 heteroatoms. The van der Waals surface area contributed by atoms with E-state index >= 15 is 0 Å². The number of rotatable bonds is 2. The Morgan fingerprint density at radius 3 is 2.54 bits per heavy atom. The number of hydrogen-bond donors (Lipinski definition) is 1. The number of carbonyl (C=O) groups excluding carboxylic acids is 2. The monoisotopic (exact) mass is 524 g/mol. The Labute approximate surface area is 223 Å². The third-order valence-corrected chi connectivity index (χ3v) is 11.4. The second-order valence-electron chi connectivity index (χ2n) is 10.2. The average Bonchev–Trinajstić information content (AvgIpc) is 3.51. The molecular formula is C29H24N4O2S2. The number of hydrogen-bond acceptors (Lipinski definition) is 5. The van der Waals surface area contributed by atoms with Crippen LogP contribution in [-0.2, 0) is 15.0 Å². The van der Waals surface area contributed by atoms with Crippen LogP contribution in [0.15, 0.2) is 85.1 Å². The summed E-state index contributed by atoms with van der Waals surface area (Å²) in [6, 6.07) is 27.1. The van der Waals surface area contributed by atoms with E-state index in [1.165, 1.54) is 0 Å². The highest BCUT2D eigenvalue weighted by Crippen LogP contribution is 2.67. The topological polar surface area (TPSA) is 59.7 Å². The molecule has 4 atom stereocenters. The predicted octanol–water partition coefficient (Wildman–Crippen LogP) is 5.10. The molecule has 37 heavy (non-hydrogen) atoms. The average molecular weight is 525 g/mol. The molecule has 1 N–H and O–H groups in total. The van der Waals surface area contributed by atoms with E-state index in [1.807, 2.05) is 29.2 Å². The standard InChI is InChI=1S/C29H24N4O2S2/c1-31-25-24(34)33-26-28(16-29(33,27(31)35)37-17-36-25,21-15-30-22-13-7-5-11-19(21)22)20-12-6-8-14-23(20)32(26)18-9-3-2-4-10-18/h2-15,25-26,30H,16-17H2,1H3/t25-,26-,28?,29?/m1/s1. The van der Waals surface area contributed by atoms with E-state index in [4.69, 9.17) is 0 Å². The molecule has 184 valence electrons. The lowest BCUT2D eigenvalue weighted by atomic mass is 9.72. The molecule has 4 saturated heterocycles. The number of fused-ring (bicyclic) bond motifs is 7. The van der Waals surface area contributed by atoms with Crippen molar-refractivity contribution in [1.29, 1.82) is 0 Å². The van der Waals surface area contributed by atoms with E-state index in [0.29, 0.717) is 11.5 Å². The molecule has 5 aliphatic heterocycles. The van der Waals surface area contributed by atoms with Gasteiger partial charge in [0.15, 0.2) is 10.2 Å². The number of anilines is 2. The maximum atomic E-state index is 14.3. The summed E-state index contributed by atoms with van der Waals surface area (Å²) >= 11 is 3.19. The molecule has 1 spiro atoms. The summed E-state index contributed by atoms with van der Waals surface area (Å²) in [5.74, 6) is 0.0590. The molecule has 2 unspecified atom stereocenters. The normalized spacial score (nSPS) is 30.0. The van der Waals surface area contributed by atoms with Crippen molar-refractivity contribution in [1.82, 2.24) is 14.8 Å². The summed E-state index contributed by atoms with van der Waals surface area (Å²) in [5.41, 5.74) is 4.87. The summed E-state index contributed by atoms with van der Waals surface area (Å²) < 4.78 is 0. The van der Waals surface area contributed by atoms with Gasteiger partial charge in [0.1, 0.15) is 6.17 Å². The van der Waals surface area contributed by atoms with Gasteiger partial charge in [-0.25, -0.2) is 0 Å². The minimum atomic E-state index is -0.963. The van der Waals surface area contributed by atoms with Crippen molar-refractivity contribution < 1.29 is 9.59 Å². The number of thioether (sulfide) groups is 2. The quantitative estimate of drug-likeness (QED) is 0.396. The molecule has 6 heterocycles. The van der Waals surface area contributed by atoms with E-state index in [0.717, 1.165) is 33.4 Å². The molecule has 9 rings (SSSR count). The van der Waals surface area contributed by atoms with Gasteiger partial charge in [0, 0.05) is 47.0 Å². The molecular weight excluding hydrogens is 500 g/mol. The number of piperazine rings is 1. The smallest absolute Gasteiger partial charge is 0.260 e. The van der Waals surface area contributed by atoms with Crippen LogP contribution < -0.4 is 4.90 Å². The lowest BCUT2D eigenvalue weighted by Crippen LogP contribution is -2.68. The first-order valence-electron chi connectivity index (χ1n) is 12.4. The lowest BCUT2D eigenvalue weighted by Gasteiger charge is -2.47. The maximum absolute atomic E-state index is 14.3. The molecule has 0 saturated carbocycles. The summed E-state index contributed by atoms with van der Waals surface area (Å²) in [7, 11) is 1.79. The second kappa shape index (κ2) is 7.36. The van der Waals surface area contributed by atoms with Gasteiger partial charge in [0.2, 0.25) is 0 Å². The first-order valence-corrected chi connectivity index (χ1v) is 14.5. The molecule has 4 fully saturated rings. The summed E-state index contributed by atoms with van der Waals surface area (Å²) in [6.07, 6.45) is 2.27. The number of nitrogens with one attached hydrogen (secondary N) is 1. The fourth-order valence-electron chi connectivity index (χ4n) is 7.13. The molecule has 2 amide bonds. The van der Waals surface area contributed by atoms with Crippen molar-refractivity contribution in [2.75, 3.05) is 17.0 Å². The molecule has 0 aliphatic carbocycles. The molecule has 1 aromatic heterocycles. The molecule has 6 nitrogen and oxygen atoms in total. The van der Waals surface area contributed by atoms with Crippen molar-refractivity contribution in [2.45, 2.75) is 28.2 Å². The van der Waals surface area contributed by atoms with Crippen LogP contribution in [0.5, 0.6) is 0 Å². The van der Waals surface area contributed by atoms with Gasteiger partial charge in [-0.1, -0.05) is 54.6 Å². The Hall–Kier alpha value is -3.36. The molecule has 0 radical (unpaired) electrons. The number of nitrogens with zero attached hydrogens (tertiary/aromatic N) is 3. The fourth-order valence-corrected chi connectivity index (χ4v) is 10.2. The summed E-state index contributed by atoms with van der Waals surface area (Å²) in [5, 5.41) is 1.33. The van der Waals surface area contributed by atoms with Crippen molar-refractivity contribution >= 4 is 57.6 Å². The van der Waals surface area contributed by atoms with Crippen LogP contribution in [0.25, 0.3) is 10.9 Å². The Morgan fingerprint density at radius 1 is 0.919 bits per heavy atom. The van der Waals surface area contributed by atoms with Crippen LogP contribution in [0.2, 0.25) is 0 Å². The fraction of sp³-hybridized carbons (Fsp3) is 0.241. The number of aromatic amines is 1. The number of aromatic nitrogens is 1. The SMILES string of the molecule is CN1C(=O)C23CC4(c5c[nH]c6ccccc56)c5ccccc5N(c5ccccc5)[C@@H]4N2C(=O)[C@H]1SCS3. The van der Waals surface area contributed by atoms with Gasteiger partial charge in [-0.15, -0.1) is 23.5 Å². The molecule has 2 bridgehead atoms. The summed E-state index contributed by atoms with van der Waals surface area (Å²) in [4.78, 5) is 37.0. The Kier molecular flexibility index (Phi) is 4.32. The predicted molar refractivity (Wildman–Crippen MR) is 149 cm³/mol. The van der Waals surface area contributed by atoms with Crippen LogP contribution >= 0.6 is 23.5 Å². The minimum absolute atomic E-state index is 0.0255. The number of carbonyl (C=O) groups is 2. The first kappa shape index (κ1) is 21.7. The van der Waals surface area contributed by atoms with Crippen LogP contribution in [-0.4, -0.2) is 55.1 Å². The van der Waals surface area contributed by atoms with Crippen LogP contribution in [0.4, 0.5) is 11.4 Å². The first-order chi connectivity index (χ1) is 18.1. The number of amides is 2. The van der Waals surface area contributed by atoms with Gasteiger partial charge < -0.3 is 14.8 Å². The van der Waals surface area contributed by atoms with Crippen LogP contribution in [0.1, 0.15) is 17.5 Å². The Bertz CT molecular complexity index is 1610. The van der Waals surface area contributed by atoms with Crippen LogP contribution in [0, 0.1) is 0 Å². The number of H-pyrrole nitrogens is 1. The highest BCUT2D eigenvalue weighted by molar-refractivity contribution is 8.17. The second-order valence-corrected chi connectivity index (χ2v) is 12.9. The molecule has 4 aromatic rings. The number of para-hydroxylation sites is 3. The van der Waals surface area contributed by atoms with Crippen molar-refractivity contribution in [2.24, 2.45) is 0 Å². The van der Waals surface area contributed by atoms with Gasteiger partial charge in [0.25, 0.3) is 11.8 Å². The van der Waals surface area contributed by atoms with E-state index in [1.54, 1.807) is 35.5 Å². The summed E-state index contributed by atoms with van der Waals surface area (Å²) in [6.45, 7) is 0. The Morgan fingerprint density at radius 2 is 1.68 bits per heavy atom. The van der Waals surface area contributed by atoms with Crippen molar-refractivity contribution in [3.63, 3.8) is 0 Å². The largest absolute Gasteiger partial charge is 0.361 e. The third kappa shape index (κ3) is 2.50. The van der Waals surface area contributed by atoms with E-state index < -0.39 is 15.7 Å². The van der Waals surface area contributed by atoms with E-state index in [9.17, 15) is 9.59 Å². The highest BCUT2D eigenvalue weighted by Gasteiger charge is 2.74. The zero-order valence-corrected chi connectivity index (χ0v) is 21.8. The van der Waals surface area contributed by atoms with Crippen molar-refractivity contribution in [3.05, 3.63) is 96.2 Å². The number of benzene rings is 3. The van der Waals surface area contributed by atoms with E-state index in [-0.39, 0.29) is 18.0 Å². The van der Waals surface area contributed by atoms with Crippen molar-refractivity contribution in [3.8, 4) is 0 Å². The van der Waals surface area contributed by atoms with Gasteiger partial charge in [-0.2, -0.15) is 0 Å². The van der Waals surface area contributed by atoms with Gasteiger partial charge >= 0.3 is 0 Å². The van der Waals surface area contributed by atoms with Gasteiger partial charge in [-0.3, -0.25) is 14.5 Å². The lowest BCUT2D eigenvalue weighted by molar-refractivity contribution is -0.157. The molecule has 5 aliphatic rings. The molecule has 3 aromatic carbocycles. The highest BCUT2D eigenvalue weighted by atomic mass is 32.2. The van der Waals surface area contributed by atoms with E-state index in [2.05, 4.69) is 70.7 Å². The minimum Gasteiger partial charge on any atom is -0.361 e. The third-order valence-electron chi connectivity index (χ3n) is 8.56.